The van der Waals surface area contributed by atoms with Gasteiger partial charge in [-0.3, -0.25) is 9.59 Å². The molecular formula is C13H16N4O3. The average molecular weight is 276 g/mol. The molecule has 1 amide bonds. The van der Waals surface area contributed by atoms with E-state index in [1.807, 2.05) is 0 Å². The fourth-order valence-electron chi connectivity index (χ4n) is 1.82. The van der Waals surface area contributed by atoms with E-state index in [2.05, 4.69) is 20.7 Å². The Kier molecular flexibility index (Phi) is 4.29. The Bertz CT molecular complexity index is 623. The third kappa shape index (κ3) is 3.31. The fraction of sp³-hybridized carbons (Fsp3) is 0.385. The highest BCUT2D eigenvalue weighted by Crippen LogP contribution is 2.10. The van der Waals surface area contributed by atoms with Gasteiger partial charge in [0.05, 0.1) is 5.92 Å². The lowest BCUT2D eigenvalue weighted by molar-refractivity contribution is -0.141. The summed E-state index contributed by atoms with van der Waals surface area (Å²) in [6, 6.07) is 5.06. The summed E-state index contributed by atoms with van der Waals surface area (Å²) in [7, 11) is 0. The summed E-state index contributed by atoms with van der Waals surface area (Å²) < 4.78 is 0. The van der Waals surface area contributed by atoms with Gasteiger partial charge in [-0.2, -0.15) is 15.4 Å². The molecule has 1 unspecified atom stereocenters. The number of H-pyrrole nitrogens is 1. The van der Waals surface area contributed by atoms with Crippen molar-refractivity contribution in [1.82, 2.24) is 20.7 Å². The Morgan fingerprint density at radius 2 is 2.10 bits per heavy atom. The molecule has 0 fully saturated rings. The number of hydrogen-bond acceptors (Lipinski definition) is 4. The van der Waals surface area contributed by atoms with Crippen LogP contribution in [0.4, 0.5) is 0 Å². The van der Waals surface area contributed by atoms with Gasteiger partial charge in [-0.25, -0.2) is 0 Å². The molecule has 0 saturated heterocycles. The van der Waals surface area contributed by atoms with Crippen molar-refractivity contribution in [3.05, 3.63) is 23.8 Å². The normalized spacial score (nSPS) is 12.2. The number of benzene rings is 1. The van der Waals surface area contributed by atoms with Crippen molar-refractivity contribution in [3.8, 4) is 0 Å². The second-order valence-corrected chi connectivity index (χ2v) is 4.66. The van der Waals surface area contributed by atoms with Crippen LogP contribution < -0.4 is 5.32 Å². The first kappa shape index (κ1) is 14.0. The summed E-state index contributed by atoms with van der Waals surface area (Å²) in [6.07, 6.45) is 1.17. The van der Waals surface area contributed by atoms with Gasteiger partial charge in [0.15, 0.2) is 0 Å². The van der Waals surface area contributed by atoms with Crippen LogP contribution >= 0.6 is 0 Å². The van der Waals surface area contributed by atoms with Crippen molar-refractivity contribution < 1.29 is 14.7 Å². The fourth-order valence-corrected chi connectivity index (χ4v) is 1.82. The van der Waals surface area contributed by atoms with Crippen LogP contribution in [0.1, 0.15) is 30.1 Å². The minimum atomic E-state index is -0.812. The maximum absolute atomic E-state index is 11.9. The largest absolute Gasteiger partial charge is 0.481 e. The highest BCUT2D eigenvalue weighted by Gasteiger charge is 2.11. The number of carboxylic acids is 1. The molecule has 1 atom stereocenters. The van der Waals surface area contributed by atoms with Gasteiger partial charge in [0.2, 0.25) is 0 Å². The Balaban J connectivity index is 1.84. The number of nitrogens with zero attached hydrogens (tertiary/aromatic N) is 2. The Labute approximate surface area is 115 Å². The van der Waals surface area contributed by atoms with Crippen LogP contribution in [0.15, 0.2) is 18.2 Å². The van der Waals surface area contributed by atoms with Gasteiger partial charge in [0.25, 0.3) is 5.91 Å². The van der Waals surface area contributed by atoms with Crippen LogP contribution in [0.5, 0.6) is 0 Å². The molecule has 0 aliphatic rings. The molecule has 106 valence electrons. The first-order valence-electron chi connectivity index (χ1n) is 6.39. The summed E-state index contributed by atoms with van der Waals surface area (Å²) in [6.45, 7) is 2.11. The van der Waals surface area contributed by atoms with Gasteiger partial charge in [0.1, 0.15) is 11.0 Å². The van der Waals surface area contributed by atoms with E-state index >= 15 is 0 Å². The summed E-state index contributed by atoms with van der Waals surface area (Å²) in [5.74, 6) is -1.40. The van der Waals surface area contributed by atoms with E-state index < -0.39 is 11.9 Å². The zero-order chi connectivity index (χ0) is 14.5. The molecular weight excluding hydrogens is 260 g/mol. The Hall–Kier alpha value is -2.44. The van der Waals surface area contributed by atoms with Gasteiger partial charge >= 0.3 is 5.97 Å². The molecule has 0 aliphatic heterocycles. The third-order valence-electron chi connectivity index (χ3n) is 3.10. The predicted molar refractivity (Wildman–Crippen MR) is 72.3 cm³/mol. The second kappa shape index (κ2) is 6.14. The number of carboxylic acid groups (broad SMARTS) is 1. The number of aromatic amines is 1. The molecule has 7 heteroatoms. The number of nitrogens with one attached hydrogen (secondary N) is 2. The quantitative estimate of drug-likeness (QED) is 0.687. The van der Waals surface area contributed by atoms with Crippen molar-refractivity contribution in [1.29, 1.82) is 0 Å². The van der Waals surface area contributed by atoms with Crippen LogP contribution in [0.3, 0.4) is 0 Å². The van der Waals surface area contributed by atoms with E-state index in [9.17, 15) is 9.59 Å². The van der Waals surface area contributed by atoms with E-state index in [1.54, 1.807) is 25.1 Å². The first-order chi connectivity index (χ1) is 9.58. The summed E-state index contributed by atoms with van der Waals surface area (Å²) in [4.78, 5) is 22.5. The van der Waals surface area contributed by atoms with Crippen LogP contribution in [-0.4, -0.2) is 38.9 Å². The highest BCUT2D eigenvalue weighted by atomic mass is 16.4. The number of carbonyl (C=O) groups excluding carboxylic acids is 1. The summed E-state index contributed by atoms with van der Waals surface area (Å²) >= 11 is 0. The summed E-state index contributed by atoms with van der Waals surface area (Å²) in [5, 5.41) is 21.8. The molecule has 0 saturated carbocycles. The molecule has 1 aromatic heterocycles. The van der Waals surface area contributed by atoms with Gasteiger partial charge < -0.3 is 10.4 Å². The van der Waals surface area contributed by atoms with Crippen LogP contribution in [0, 0.1) is 5.92 Å². The Morgan fingerprint density at radius 1 is 1.35 bits per heavy atom. The lowest BCUT2D eigenvalue weighted by Crippen LogP contribution is -2.25. The van der Waals surface area contributed by atoms with Crippen molar-refractivity contribution >= 4 is 22.9 Å². The first-order valence-corrected chi connectivity index (χ1v) is 6.39. The number of rotatable bonds is 6. The minimum Gasteiger partial charge on any atom is -0.481 e. The zero-order valence-electron chi connectivity index (χ0n) is 11.1. The van der Waals surface area contributed by atoms with E-state index in [0.29, 0.717) is 36.0 Å². The summed E-state index contributed by atoms with van der Waals surface area (Å²) in [5.41, 5.74) is 1.85. The van der Waals surface area contributed by atoms with Crippen LogP contribution in [0.2, 0.25) is 0 Å². The highest BCUT2D eigenvalue weighted by molar-refractivity contribution is 5.97. The van der Waals surface area contributed by atoms with Crippen molar-refractivity contribution in [3.63, 3.8) is 0 Å². The molecule has 2 rings (SSSR count). The minimum absolute atomic E-state index is 0.196. The lowest BCUT2D eigenvalue weighted by atomic mass is 10.1. The standard InChI is InChI=1S/C13H16N4O3/c1-8(13(19)20)3-2-6-14-12(18)9-4-5-10-11(7-9)16-17-15-10/h4-5,7-8H,2-3,6H2,1H3,(H,14,18)(H,19,20)(H,15,16,17). The van der Waals surface area contributed by atoms with E-state index in [-0.39, 0.29) is 5.91 Å². The number of amides is 1. The van der Waals surface area contributed by atoms with Gasteiger partial charge in [-0.15, -0.1) is 0 Å². The average Bonchev–Trinajstić information content (AvgIpc) is 2.90. The van der Waals surface area contributed by atoms with Crippen LogP contribution in [0.25, 0.3) is 11.0 Å². The maximum atomic E-state index is 11.9. The van der Waals surface area contributed by atoms with Crippen molar-refractivity contribution in [2.24, 2.45) is 5.92 Å². The lowest BCUT2D eigenvalue weighted by Gasteiger charge is -2.07. The van der Waals surface area contributed by atoms with Gasteiger partial charge in [-0.1, -0.05) is 6.92 Å². The maximum Gasteiger partial charge on any atom is 0.306 e. The molecule has 7 nitrogen and oxygen atoms in total. The van der Waals surface area contributed by atoms with Crippen molar-refractivity contribution in [2.75, 3.05) is 6.54 Å². The molecule has 20 heavy (non-hydrogen) atoms. The SMILES string of the molecule is CC(CCCNC(=O)c1ccc2n[nH]nc2c1)C(=O)O. The topological polar surface area (TPSA) is 108 Å². The van der Waals surface area contributed by atoms with E-state index in [0.717, 1.165) is 0 Å². The zero-order valence-corrected chi connectivity index (χ0v) is 11.1. The van der Waals surface area contributed by atoms with Gasteiger partial charge in [-0.05, 0) is 31.0 Å². The van der Waals surface area contributed by atoms with E-state index in [4.69, 9.17) is 5.11 Å². The molecule has 0 bridgehead atoms. The second-order valence-electron chi connectivity index (χ2n) is 4.66. The number of fused-ring (bicyclic) bond motifs is 1. The van der Waals surface area contributed by atoms with E-state index in [1.165, 1.54) is 0 Å². The number of hydrogen-bond donors (Lipinski definition) is 3. The monoisotopic (exact) mass is 276 g/mol. The number of carbonyl (C=O) groups is 2. The van der Waals surface area contributed by atoms with Crippen molar-refractivity contribution in [2.45, 2.75) is 19.8 Å². The van der Waals surface area contributed by atoms with Gasteiger partial charge in [0, 0.05) is 12.1 Å². The molecule has 0 spiro atoms. The molecule has 3 N–H and O–H groups in total. The predicted octanol–water partition coefficient (Wildman–Crippen LogP) is 1.19. The third-order valence-corrected chi connectivity index (χ3v) is 3.10. The molecule has 1 heterocycles. The Morgan fingerprint density at radius 3 is 2.85 bits per heavy atom. The molecule has 2 aromatic rings. The molecule has 1 aromatic carbocycles. The smallest absolute Gasteiger partial charge is 0.306 e. The van der Waals surface area contributed by atoms with Crippen LogP contribution in [-0.2, 0) is 4.79 Å². The number of aliphatic carboxylic acids is 1. The molecule has 0 aliphatic carbocycles. The molecule has 0 radical (unpaired) electrons. The number of aromatic nitrogens is 3.